The van der Waals surface area contributed by atoms with Gasteiger partial charge in [-0.15, -0.1) is 0 Å². The highest BCUT2D eigenvalue weighted by Crippen LogP contribution is 2.70. The smallest absolute Gasteiger partial charge is 0.331 e. The second-order valence-corrected chi connectivity index (χ2v) is 16.4. The number of hydrogen-bond acceptors (Lipinski definition) is 14. The van der Waals surface area contributed by atoms with Crippen LogP contribution in [0.4, 0.5) is 0 Å². The van der Waals surface area contributed by atoms with Gasteiger partial charge in [0, 0.05) is 23.3 Å². The number of cyclic esters (lactones) is 1. The Morgan fingerprint density at radius 2 is 1.76 bits per heavy atom. The van der Waals surface area contributed by atoms with Crippen molar-refractivity contribution < 1.29 is 68.6 Å². The summed E-state index contributed by atoms with van der Waals surface area (Å²) in [5.41, 5.74) is -1.36. The highest BCUT2D eigenvalue weighted by molar-refractivity contribution is 5.85. The zero-order chi connectivity index (χ0) is 34.7. The number of hydrogen-bond donors (Lipinski definition) is 6. The maximum Gasteiger partial charge on any atom is 0.331 e. The molecule has 6 N–H and O–H groups in total. The van der Waals surface area contributed by atoms with E-state index in [0.29, 0.717) is 19.3 Å². The third-order valence-corrected chi connectivity index (χ3v) is 14.2. The van der Waals surface area contributed by atoms with Crippen molar-refractivity contribution in [2.75, 3.05) is 13.2 Å². The van der Waals surface area contributed by atoms with Crippen LogP contribution in [0.15, 0.2) is 11.6 Å². The van der Waals surface area contributed by atoms with Crippen LogP contribution in [0.1, 0.15) is 71.6 Å². The molecule has 4 aliphatic heterocycles. The monoisotopic (exact) mass is 694 g/mol. The fraction of sp³-hybridized carbons (Fsp3) is 0.886. The van der Waals surface area contributed by atoms with E-state index >= 15 is 0 Å². The van der Waals surface area contributed by atoms with E-state index in [-0.39, 0.29) is 49.1 Å². The van der Waals surface area contributed by atoms with Crippen LogP contribution in [0.2, 0.25) is 0 Å². The van der Waals surface area contributed by atoms with Gasteiger partial charge in [0.2, 0.25) is 12.1 Å². The predicted molar refractivity (Wildman–Crippen MR) is 164 cm³/mol. The Kier molecular flexibility index (Phi) is 8.45. The van der Waals surface area contributed by atoms with Crippen LogP contribution >= 0.6 is 0 Å². The number of ether oxygens (including phenoxy) is 6. The maximum atomic E-state index is 13.5. The van der Waals surface area contributed by atoms with Crippen LogP contribution in [0.25, 0.3) is 0 Å². The van der Waals surface area contributed by atoms with Crippen LogP contribution in [-0.4, -0.2) is 129 Å². The molecule has 0 spiro atoms. The summed E-state index contributed by atoms with van der Waals surface area (Å²) in [7, 11) is 0. The molecule has 18 atom stereocenters. The zero-order valence-corrected chi connectivity index (χ0v) is 28.0. The minimum absolute atomic E-state index is 0.0156. The van der Waals surface area contributed by atoms with Crippen molar-refractivity contribution in [1.29, 1.82) is 0 Å². The van der Waals surface area contributed by atoms with Gasteiger partial charge < -0.3 is 63.9 Å². The summed E-state index contributed by atoms with van der Waals surface area (Å²) in [5, 5.41) is 65.7. The lowest BCUT2D eigenvalue weighted by Gasteiger charge is -2.65. The minimum atomic E-state index is -2.17. The van der Waals surface area contributed by atoms with Crippen LogP contribution in [0.5, 0.6) is 0 Å². The summed E-state index contributed by atoms with van der Waals surface area (Å²) >= 11 is 0. The molecule has 14 nitrogen and oxygen atoms in total. The lowest BCUT2D eigenvalue weighted by molar-refractivity contribution is -0.471. The molecule has 8 rings (SSSR count). The average Bonchev–Trinajstić information content (AvgIpc) is 3.62. The molecular weight excluding hydrogens is 644 g/mol. The Morgan fingerprint density at radius 1 is 0.959 bits per heavy atom. The second kappa shape index (κ2) is 12.0. The Balaban J connectivity index is 1.05. The van der Waals surface area contributed by atoms with Crippen molar-refractivity contribution >= 4 is 12.3 Å². The number of fused-ring (bicyclic) bond motifs is 7. The van der Waals surface area contributed by atoms with Gasteiger partial charge in [0.25, 0.3) is 0 Å². The Bertz CT molecular complexity index is 1360. The first-order valence-electron chi connectivity index (χ1n) is 18.0. The van der Waals surface area contributed by atoms with Crippen LogP contribution in [-0.2, 0) is 38.0 Å². The highest BCUT2D eigenvalue weighted by atomic mass is 16.8. The van der Waals surface area contributed by atoms with Gasteiger partial charge in [0.1, 0.15) is 43.4 Å². The van der Waals surface area contributed by atoms with E-state index in [4.69, 9.17) is 28.4 Å². The summed E-state index contributed by atoms with van der Waals surface area (Å²) in [6.45, 7) is 3.54. The van der Waals surface area contributed by atoms with Gasteiger partial charge in [-0.25, -0.2) is 4.79 Å². The summed E-state index contributed by atoms with van der Waals surface area (Å²) in [6.07, 6.45) is -3.89. The summed E-state index contributed by atoms with van der Waals surface area (Å²) in [6, 6.07) is 0. The molecule has 0 amide bonds. The number of aliphatic hydroxyl groups is 6. The molecule has 4 aliphatic carbocycles. The summed E-state index contributed by atoms with van der Waals surface area (Å²) < 4.78 is 35.9. The molecule has 0 unspecified atom stereocenters. The number of esters is 1. The number of carbonyl (C=O) groups is 2. The first-order chi connectivity index (χ1) is 23.3. The van der Waals surface area contributed by atoms with E-state index in [1.54, 1.807) is 13.0 Å². The lowest BCUT2D eigenvalue weighted by atomic mass is 9.42. The molecule has 3 saturated heterocycles. The standard InChI is InChI=1S/C35H50O14/c1-16-9-25(48-30-29(41)28(40)27(39)24(13-36)46-30)35(43)31(45-16)47-22-11-18-3-4-21-20(33(18,15-37)12-23(22)49-35)5-7-32(2)19(6-8-34(21,32)42)17-10-26(38)44-14-17/h10,15-16,18-25,27-31,36,39-43H,3-9,11-14H2,1-2H3/t16-,18+,19-,20+,21-,22-,23-,24-,25+,27-,28+,29-,30+,31+,32-,33-,34+,35+/m1/s1. The topological polar surface area (TPSA) is 211 Å². The molecule has 7 fully saturated rings. The van der Waals surface area contributed by atoms with E-state index in [0.717, 1.165) is 37.5 Å². The molecule has 4 heterocycles. The zero-order valence-electron chi connectivity index (χ0n) is 28.0. The van der Waals surface area contributed by atoms with Crippen molar-refractivity contribution in [2.45, 2.75) is 144 Å². The number of aliphatic hydroxyl groups excluding tert-OH is 4. The van der Waals surface area contributed by atoms with Crippen molar-refractivity contribution in [3.05, 3.63) is 11.6 Å². The number of aldehydes is 1. The number of carbonyl (C=O) groups excluding carboxylic acids is 2. The molecule has 0 aromatic heterocycles. The van der Waals surface area contributed by atoms with Gasteiger partial charge in [-0.3, -0.25) is 0 Å². The molecule has 0 radical (unpaired) electrons. The first-order valence-corrected chi connectivity index (χ1v) is 18.0. The van der Waals surface area contributed by atoms with E-state index < -0.39 is 90.2 Å². The van der Waals surface area contributed by atoms with Gasteiger partial charge in [-0.2, -0.15) is 0 Å². The third kappa shape index (κ3) is 4.93. The normalized spacial score (nSPS) is 56.7. The molecular formula is C35H50O14. The van der Waals surface area contributed by atoms with E-state index in [1.807, 2.05) is 0 Å². The second-order valence-electron chi connectivity index (χ2n) is 16.4. The maximum absolute atomic E-state index is 13.5. The molecule has 49 heavy (non-hydrogen) atoms. The van der Waals surface area contributed by atoms with E-state index in [1.165, 1.54) is 0 Å². The average molecular weight is 695 g/mol. The fourth-order valence-corrected chi connectivity index (χ4v) is 11.7. The predicted octanol–water partition coefficient (Wildman–Crippen LogP) is -0.175. The van der Waals surface area contributed by atoms with Gasteiger partial charge in [0.15, 0.2) is 6.29 Å². The Labute approximate surface area is 284 Å². The first kappa shape index (κ1) is 34.5. The third-order valence-electron chi connectivity index (χ3n) is 14.2. The van der Waals surface area contributed by atoms with Crippen LogP contribution < -0.4 is 0 Å². The summed E-state index contributed by atoms with van der Waals surface area (Å²) in [5.74, 6) is -2.74. The lowest BCUT2D eigenvalue weighted by Crippen LogP contribution is -2.72. The molecule has 8 aliphatic rings. The fourth-order valence-electron chi connectivity index (χ4n) is 11.7. The van der Waals surface area contributed by atoms with Crippen molar-refractivity contribution in [2.24, 2.45) is 34.5 Å². The Hall–Kier alpha value is -1.56. The summed E-state index contributed by atoms with van der Waals surface area (Å²) in [4.78, 5) is 25.4. The number of rotatable bonds is 5. The molecule has 0 aromatic carbocycles. The van der Waals surface area contributed by atoms with Crippen molar-refractivity contribution in [1.82, 2.24) is 0 Å². The van der Waals surface area contributed by atoms with E-state index in [2.05, 4.69) is 6.92 Å². The molecule has 0 aromatic rings. The Morgan fingerprint density at radius 3 is 2.47 bits per heavy atom. The van der Waals surface area contributed by atoms with Gasteiger partial charge in [-0.1, -0.05) is 6.92 Å². The van der Waals surface area contributed by atoms with E-state index in [9.17, 15) is 40.2 Å². The molecule has 14 heteroatoms. The van der Waals surface area contributed by atoms with Crippen molar-refractivity contribution in [3.63, 3.8) is 0 Å². The highest BCUT2D eigenvalue weighted by Gasteiger charge is 2.71. The molecule has 0 bridgehead atoms. The van der Waals surface area contributed by atoms with Gasteiger partial charge in [0.05, 0.1) is 30.5 Å². The quantitative estimate of drug-likeness (QED) is 0.125. The minimum Gasteiger partial charge on any atom is -0.458 e. The van der Waals surface area contributed by atoms with Crippen LogP contribution in [0.3, 0.4) is 0 Å². The molecule has 274 valence electrons. The SMILES string of the molecule is C[C@@H]1C[C@H](O[C@@H]2O[C@H](CO)[C@@H](O)[C@H](O)[C@H]2O)[C@]2(O)O[C@@H]3C[C@@]4(C=O)[C@@H](CC[C@@H]5[C@@H]4CC[C@]4(C)[C@@H](C6=CC(=O)OC6)CC[C@]54O)C[C@H]3O[C@@H]2O1. The van der Waals surface area contributed by atoms with Crippen molar-refractivity contribution in [3.8, 4) is 0 Å². The van der Waals surface area contributed by atoms with Crippen LogP contribution in [0, 0.1) is 34.5 Å². The molecule has 4 saturated carbocycles. The van der Waals surface area contributed by atoms with Gasteiger partial charge in [-0.05, 0) is 87.5 Å². The van der Waals surface area contributed by atoms with Gasteiger partial charge >= 0.3 is 5.97 Å². The largest absolute Gasteiger partial charge is 0.458 e.